The van der Waals surface area contributed by atoms with Gasteiger partial charge in [-0.05, 0) is 30.4 Å². The second-order valence-corrected chi connectivity index (χ2v) is 6.15. The molecule has 0 bridgehead atoms. The van der Waals surface area contributed by atoms with Gasteiger partial charge in [0.05, 0.1) is 0 Å². The first kappa shape index (κ1) is 18.9. The third-order valence-electron chi connectivity index (χ3n) is 4.55. The predicted octanol–water partition coefficient (Wildman–Crippen LogP) is 1.60. The van der Waals surface area contributed by atoms with Gasteiger partial charge in [0.1, 0.15) is 17.9 Å². The molecular weight excluding hydrogens is 329 g/mol. The van der Waals surface area contributed by atoms with E-state index in [9.17, 15) is 18.8 Å². The minimum atomic E-state index is -1.10. The predicted molar refractivity (Wildman–Crippen MR) is 87.1 cm³/mol. The number of carbonyl (C=O) groups excluding carboxylic acids is 3. The Kier molecular flexibility index (Phi) is 6.08. The molecule has 0 spiro atoms. The Morgan fingerprint density at radius 2 is 2.08 bits per heavy atom. The molecule has 2 rings (SSSR count). The number of aryl methyl sites for hydroxylation is 1. The van der Waals surface area contributed by atoms with Crippen LogP contribution in [0.2, 0.25) is 0 Å². The summed E-state index contributed by atoms with van der Waals surface area (Å²) in [6, 6.07) is 3.62. The lowest BCUT2D eigenvalue weighted by atomic mass is 9.96. The first-order valence-electron chi connectivity index (χ1n) is 8.21. The minimum Gasteiger partial charge on any atom is -0.326 e. The van der Waals surface area contributed by atoms with E-state index in [0.717, 1.165) is 4.90 Å². The van der Waals surface area contributed by atoms with Crippen LogP contribution in [0.15, 0.2) is 24.3 Å². The first-order chi connectivity index (χ1) is 11.9. The molecule has 4 amide bonds. The summed E-state index contributed by atoms with van der Waals surface area (Å²) in [6.45, 7) is 3.53. The van der Waals surface area contributed by atoms with Crippen LogP contribution in [0.4, 0.5) is 9.18 Å². The SMILES string of the molecule is CCC(C)C(C(=O)NO)N1C(=O)NC(CCc2ccccc2F)C1=O. The highest BCUT2D eigenvalue weighted by Gasteiger charge is 2.45. The Labute approximate surface area is 145 Å². The van der Waals surface area contributed by atoms with Gasteiger partial charge in [-0.15, -0.1) is 0 Å². The van der Waals surface area contributed by atoms with Gasteiger partial charge >= 0.3 is 6.03 Å². The summed E-state index contributed by atoms with van der Waals surface area (Å²) in [5.74, 6) is -2.05. The van der Waals surface area contributed by atoms with Crippen molar-refractivity contribution in [2.45, 2.75) is 45.2 Å². The molecule has 1 aliphatic rings. The highest BCUT2D eigenvalue weighted by molar-refractivity contribution is 6.07. The number of hydrogen-bond donors (Lipinski definition) is 3. The van der Waals surface area contributed by atoms with Crippen molar-refractivity contribution in [1.29, 1.82) is 0 Å². The van der Waals surface area contributed by atoms with Crippen LogP contribution in [0.5, 0.6) is 0 Å². The van der Waals surface area contributed by atoms with E-state index < -0.39 is 29.9 Å². The van der Waals surface area contributed by atoms with Crippen LogP contribution in [0.3, 0.4) is 0 Å². The zero-order valence-electron chi connectivity index (χ0n) is 14.2. The summed E-state index contributed by atoms with van der Waals surface area (Å²) in [7, 11) is 0. The highest BCUT2D eigenvalue weighted by Crippen LogP contribution is 2.22. The van der Waals surface area contributed by atoms with E-state index in [-0.39, 0.29) is 24.6 Å². The zero-order valence-corrected chi connectivity index (χ0v) is 14.2. The molecule has 3 unspecified atom stereocenters. The topological polar surface area (TPSA) is 98.7 Å². The minimum absolute atomic E-state index is 0.218. The third-order valence-corrected chi connectivity index (χ3v) is 4.55. The smallest absolute Gasteiger partial charge is 0.325 e. The number of amides is 4. The van der Waals surface area contributed by atoms with Crippen molar-refractivity contribution in [3.63, 3.8) is 0 Å². The average Bonchev–Trinajstić information content (AvgIpc) is 2.88. The number of carbonyl (C=O) groups is 3. The van der Waals surface area contributed by atoms with Gasteiger partial charge in [-0.2, -0.15) is 0 Å². The van der Waals surface area contributed by atoms with E-state index in [0.29, 0.717) is 12.0 Å². The lowest BCUT2D eigenvalue weighted by molar-refractivity contribution is -0.142. The van der Waals surface area contributed by atoms with Crippen LogP contribution in [0, 0.1) is 11.7 Å². The number of halogens is 1. The second kappa shape index (κ2) is 8.06. The van der Waals surface area contributed by atoms with Gasteiger partial charge in [-0.1, -0.05) is 38.5 Å². The fourth-order valence-corrected chi connectivity index (χ4v) is 2.93. The number of hydroxylamine groups is 1. The maximum atomic E-state index is 13.7. The van der Waals surface area contributed by atoms with Crippen molar-refractivity contribution in [1.82, 2.24) is 15.7 Å². The molecule has 25 heavy (non-hydrogen) atoms. The number of nitrogens with zero attached hydrogens (tertiary/aromatic N) is 1. The Morgan fingerprint density at radius 3 is 2.68 bits per heavy atom. The van der Waals surface area contributed by atoms with Gasteiger partial charge in [-0.3, -0.25) is 14.8 Å². The van der Waals surface area contributed by atoms with E-state index in [1.165, 1.54) is 11.5 Å². The lowest BCUT2D eigenvalue weighted by Crippen LogP contribution is -2.52. The molecule has 1 heterocycles. The number of benzene rings is 1. The van der Waals surface area contributed by atoms with Gasteiger partial charge < -0.3 is 5.32 Å². The van der Waals surface area contributed by atoms with Crippen LogP contribution in [0.25, 0.3) is 0 Å². The fraction of sp³-hybridized carbons (Fsp3) is 0.471. The van der Waals surface area contributed by atoms with Gasteiger partial charge in [0.2, 0.25) is 0 Å². The summed E-state index contributed by atoms with van der Waals surface area (Å²) >= 11 is 0. The molecule has 1 aromatic rings. The average molecular weight is 351 g/mol. The normalized spacial score (nSPS) is 19.5. The number of imide groups is 1. The number of hydrogen-bond acceptors (Lipinski definition) is 4. The van der Waals surface area contributed by atoms with Crippen molar-refractivity contribution < 1.29 is 24.0 Å². The molecule has 3 N–H and O–H groups in total. The van der Waals surface area contributed by atoms with Crippen LogP contribution in [0.1, 0.15) is 32.3 Å². The molecule has 7 nitrogen and oxygen atoms in total. The van der Waals surface area contributed by atoms with E-state index in [1.807, 2.05) is 6.92 Å². The third kappa shape index (κ3) is 3.96. The summed E-state index contributed by atoms with van der Waals surface area (Å²) in [6.07, 6.45) is 1.03. The molecule has 0 aliphatic carbocycles. The highest BCUT2D eigenvalue weighted by atomic mass is 19.1. The largest absolute Gasteiger partial charge is 0.326 e. The number of nitrogens with one attached hydrogen (secondary N) is 2. The van der Waals surface area contributed by atoms with Crippen LogP contribution < -0.4 is 10.8 Å². The van der Waals surface area contributed by atoms with E-state index in [4.69, 9.17) is 5.21 Å². The molecule has 0 saturated carbocycles. The van der Waals surface area contributed by atoms with Crippen molar-refractivity contribution >= 4 is 17.8 Å². The summed E-state index contributed by atoms with van der Waals surface area (Å²) in [5, 5.41) is 11.5. The zero-order chi connectivity index (χ0) is 18.6. The van der Waals surface area contributed by atoms with Gasteiger partial charge in [0.25, 0.3) is 11.8 Å². The monoisotopic (exact) mass is 351 g/mol. The molecule has 1 saturated heterocycles. The summed E-state index contributed by atoms with van der Waals surface area (Å²) in [5.41, 5.74) is 1.97. The van der Waals surface area contributed by atoms with Crippen molar-refractivity contribution in [2.75, 3.05) is 0 Å². The van der Waals surface area contributed by atoms with Crippen molar-refractivity contribution in [3.8, 4) is 0 Å². The number of rotatable bonds is 7. The molecule has 0 aromatic heterocycles. The van der Waals surface area contributed by atoms with Gasteiger partial charge in [-0.25, -0.2) is 19.6 Å². The second-order valence-electron chi connectivity index (χ2n) is 6.15. The first-order valence-corrected chi connectivity index (χ1v) is 8.21. The van der Waals surface area contributed by atoms with Crippen LogP contribution >= 0.6 is 0 Å². The maximum absolute atomic E-state index is 13.7. The maximum Gasteiger partial charge on any atom is 0.325 e. The van der Waals surface area contributed by atoms with Crippen molar-refractivity contribution in [2.24, 2.45) is 5.92 Å². The quantitative estimate of drug-likeness (QED) is 0.395. The fourth-order valence-electron chi connectivity index (χ4n) is 2.93. The molecule has 136 valence electrons. The molecule has 0 radical (unpaired) electrons. The Morgan fingerprint density at radius 1 is 1.40 bits per heavy atom. The van der Waals surface area contributed by atoms with E-state index >= 15 is 0 Å². The van der Waals surface area contributed by atoms with E-state index in [2.05, 4.69) is 5.32 Å². The molecular formula is C17H22FN3O4. The van der Waals surface area contributed by atoms with Crippen LogP contribution in [-0.2, 0) is 16.0 Å². The standard InChI is InChI=1S/C17H22FN3O4/c1-3-10(2)14(15(22)20-25)21-16(23)13(19-17(21)24)9-8-11-6-4-5-7-12(11)18/h4-7,10,13-14,25H,3,8-9H2,1-2H3,(H,19,24)(H,20,22). The molecule has 1 fully saturated rings. The molecule has 1 aliphatic heterocycles. The van der Waals surface area contributed by atoms with E-state index in [1.54, 1.807) is 25.1 Å². The van der Waals surface area contributed by atoms with Gasteiger partial charge in [0.15, 0.2) is 0 Å². The Bertz CT molecular complexity index is 667. The molecule has 8 heteroatoms. The lowest BCUT2D eigenvalue weighted by Gasteiger charge is -2.28. The number of urea groups is 1. The Balaban J connectivity index is 2.12. The molecule has 3 atom stereocenters. The van der Waals surface area contributed by atoms with Crippen LogP contribution in [-0.4, -0.2) is 40.0 Å². The Hall–Kier alpha value is -2.48. The summed E-state index contributed by atoms with van der Waals surface area (Å²) in [4.78, 5) is 37.6. The molecule has 1 aromatic carbocycles. The van der Waals surface area contributed by atoms with Gasteiger partial charge in [0, 0.05) is 0 Å². The van der Waals surface area contributed by atoms with Crippen molar-refractivity contribution in [3.05, 3.63) is 35.6 Å². The summed E-state index contributed by atoms with van der Waals surface area (Å²) < 4.78 is 13.7.